The molecule has 0 aromatic heterocycles. The molecule has 1 atom stereocenters. The zero-order valence-corrected chi connectivity index (χ0v) is 15.2. The van der Waals surface area contributed by atoms with E-state index in [9.17, 15) is 4.79 Å². The monoisotopic (exact) mass is 358 g/mol. The third-order valence-electron chi connectivity index (χ3n) is 4.42. The number of carbonyl (C=O) groups excluding carboxylic acids is 1. The number of thioether (sulfide) groups is 1. The number of nitrogens with zero attached hydrogens (tertiary/aromatic N) is 2. The molecule has 0 spiro atoms. The van der Waals surface area contributed by atoms with Crippen molar-refractivity contribution in [2.75, 3.05) is 4.90 Å². The largest absolute Gasteiger partial charge is 0.272 e. The summed E-state index contributed by atoms with van der Waals surface area (Å²) in [6.07, 6.45) is 0. The van der Waals surface area contributed by atoms with Crippen molar-refractivity contribution in [2.24, 2.45) is 4.99 Å². The van der Waals surface area contributed by atoms with Crippen LogP contribution >= 0.6 is 11.8 Å². The Morgan fingerprint density at radius 3 is 1.96 bits per heavy atom. The highest BCUT2D eigenvalue weighted by Crippen LogP contribution is 2.47. The van der Waals surface area contributed by atoms with Crippen molar-refractivity contribution in [3.8, 4) is 0 Å². The first-order chi connectivity index (χ1) is 12.7. The Balaban J connectivity index is 1.83. The third kappa shape index (κ3) is 2.93. The average Bonchev–Trinajstić information content (AvgIpc) is 2.95. The smallest absolute Gasteiger partial charge is 0.254 e. The number of amides is 1. The van der Waals surface area contributed by atoms with Gasteiger partial charge in [-0.3, -0.25) is 9.69 Å². The van der Waals surface area contributed by atoms with Gasteiger partial charge in [0, 0.05) is 0 Å². The molecule has 0 saturated carbocycles. The molecule has 0 aliphatic carbocycles. The summed E-state index contributed by atoms with van der Waals surface area (Å²) in [5.41, 5.74) is 2.65. The van der Waals surface area contributed by atoms with Crippen LogP contribution in [0.4, 0.5) is 11.4 Å². The normalized spacial score (nSPS) is 21.3. The van der Waals surface area contributed by atoms with E-state index in [-0.39, 0.29) is 5.91 Å². The van der Waals surface area contributed by atoms with Gasteiger partial charge in [0.25, 0.3) is 5.91 Å². The first kappa shape index (κ1) is 16.6. The Hall–Kier alpha value is -2.85. The minimum Gasteiger partial charge on any atom is -0.272 e. The Morgan fingerprint density at radius 2 is 1.35 bits per heavy atom. The summed E-state index contributed by atoms with van der Waals surface area (Å²) < 4.78 is -0.704. The number of hydrogen-bond donors (Lipinski definition) is 0. The van der Waals surface area contributed by atoms with Gasteiger partial charge < -0.3 is 0 Å². The Kier molecular flexibility index (Phi) is 4.35. The van der Waals surface area contributed by atoms with Gasteiger partial charge >= 0.3 is 0 Å². The second-order valence-electron chi connectivity index (χ2n) is 6.21. The van der Waals surface area contributed by atoms with E-state index >= 15 is 0 Å². The first-order valence-corrected chi connectivity index (χ1v) is 9.28. The Bertz CT molecular complexity index is 942. The molecule has 1 aliphatic rings. The summed E-state index contributed by atoms with van der Waals surface area (Å²) in [6, 6.07) is 29.3. The minimum atomic E-state index is -0.704. The van der Waals surface area contributed by atoms with Gasteiger partial charge in [0.15, 0.2) is 5.17 Å². The van der Waals surface area contributed by atoms with Crippen molar-refractivity contribution in [3.63, 3.8) is 0 Å². The van der Waals surface area contributed by atoms with E-state index in [1.807, 2.05) is 97.9 Å². The van der Waals surface area contributed by atoms with Gasteiger partial charge in [0.2, 0.25) is 0 Å². The van der Waals surface area contributed by atoms with E-state index in [1.165, 1.54) is 11.8 Å². The SMILES string of the molecule is CC1(c2ccccc2)SC(=Nc2ccccc2)N(c2ccccc2)C1=O. The number of amidine groups is 1. The van der Waals surface area contributed by atoms with E-state index in [2.05, 4.69) is 0 Å². The number of anilines is 1. The van der Waals surface area contributed by atoms with E-state index in [0.717, 1.165) is 16.9 Å². The van der Waals surface area contributed by atoms with Crippen LogP contribution in [0.25, 0.3) is 0 Å². The quantitative estimate of drug-likeness (QED) is 0.630. The summed E-state index contributed by atoms with van der Waals surface area (Å²) in [6.45, 7) is 1.97. The zero-order valence-electron chi connectivity index (χ0n) is 14.4. The first-order valence-electron chi connectivity index (χ1n) is 8.46. The molecule has 1 unspecified atom stereocenters. The van der Waals surface area contributed by atoms with Crippen molar-refractivity contribution in [2.45, 2.75) is 11.7 Å². The molecule has 0 bridgehead atoms. The molecule has 1 fully saturated rings. The standard InChI is InChI=1S/C22H18N2OS/c1-22(17-11-5-2-6-12-17)20(25)24(19-15-9-4-10-16-19)21(26-22)23-18-13-7-3-8-14-18/h2-16H,1H3. The molecule has 26 heavy (non-hydrogen) atoms. The molecular weight excluding hydrogens is 340 g/mol. The summed E-state index contributed by atoms with van der Waals surface area (Å²) in [5.74, 6) is 0.0228. The van der Waals surface area contributed by atoms with E-state index < -0.39 is 4.75 Å². The fourth-order valence-electron chi connectivity index (χ4n) is 3.00. The topological polar surface area (TPSA) is 32.7 Å². The number of aliphatic imine (C=N–C) groups is 1. The molecule has 0 radical (unpaired) electrons. The van der Waals surface area contributed by atoms with Crippen LogP contribution in [0.5, 0.6) is 0 Å². The molecule has 1 heterocycles. The summed E-state index contributed by atoms with van der Waals surface area (Å²) in [4.78, 5) is 20.0. The number of benzene rings is 3. The van der Waals surface area contributed by atoms with Gasteiger partial charge in [-0.05, 0) is 36.8 Å². The predicted molar refractivity (Wildman–Crippen MR) is 109 cm³/mol. The highest BCUT2D eigenvalue weighted by Gasteiger charge is 2.49. The van der Waals surface area contributed by atoms with Crippen molar-refractivity contribution >= 4 is 34.2 Å². The van der Waals surface area contributed by atoms with Crippen LogP contribution in [0, 0.1) is 0 Å². The lowest BCUT2D eigenvalue weighted by atomic mass is 9.98. The van der Waals surface area contributed by atoms with Gasteiger partial charge in [-0.15, -0.1) is 0 Å². The van der Waals surface area contributed by atoms with E-state index in [4.69, 9.17) is 4.99 Å². The molecule has 4 rings (SSSR count). The molecule has 3 aromatic carbocycles. The van der Waals surface area contributed by atoms with E-state index in [0.29, 0.717) is 5.17 Å². The maximum atomic E-state index is 13.5. The lowest BCUT2D eigenvalue weighted by molar-refractivity contribution is -0.119. The van der Waals surface area contributed by atoms with Crippen molar-refractivity contribution in [1.29, 1.82) is 0 Å². The molecule has 128 valence electrons. The molecule has 4 heteroatoms. The third-order valence-corrected chi connectivity index (χ3v) is 5.69. The number of hydrogen-bond acceptors (Lipinski definition) is 3. The van der Waals surface area contributed by atoms with Crippen molar-refractivity contribution < 1.29 is 4.79 Å². The lowest BCUT2D eigenvalue weighted by Crippen LogP contribution is -2.36. The minimum absolute atomic E-state index is 0.0228. The Morgan fingerprint density at radius 1 is 0.808 bits per heavy atom. The Labute approximate surface area is 157 Å². The van der Waals surface area contributed by atoms with E-state index in [1.54, 1.807) is 4.90 Å². The van der Waals surface area contributed by atoms with Crippen LogP contribution in [-0.2, 0) is 9.54 Å². The van der Waals surface area contributed by atoms with Gasteiger partial charge in [-0.1, -0.05) is 78.5 Å². The fourth-order valence-corrected chi connectivity index (χ4v) is 4.23. The average molecular weight is 358 g/mol. The van der Waals surface area contributed by atoms with Crippen LogP contribution in [0.2, 0.25) is 0 Å². The molecule has 1 amide bonds. The molecule has 1 saturated heterocycles. The predicted octanol–water partition coefficient (Wildman–Crippen LogP) is 5.37. The summed E-state index contributed by atoms with van der Waals surface area (Å²) in [5, 5.41) is 0.693. The van der Waals surface area contributed by atoms with Gasteiger partial charge in [-0.2, -0.15) is 0 Å². The highest BCUT2D eigenvalue weighted by molar-refractivity contribution is 8.16. The molecule has 3 aromatic rings. The summed E-state index contributed by atoms with van der Waals surface area (Å²) in [7, 11) is 0. The molecule has 3 nitrogen and oxygen atoms in total. The highest BCUT2D eigenvalue weighted by atomic mass is 32.2. The van der Waals surface area contributed by atoms with Crippen LogP contribution < -0.4 is 4.90 Å². The van der Waals surface area contributed by atoms with Gasteiger partial charge in [-0.25, -0.2) is 4.99 Å². The van der Waals surface area contributed by atoms with Crippen LogP contribution in [0.3, 0.4) is 0 Å². The lowest BCUT2D eigenvalue weighted by Gasteiger charge is -2.21. The number of rotatable bonds is 3. The summed E-state index contributed by atoms with van der Waals surface area (Å²) >= 11 is 1.50. The second kappa shape index (κ2) is 6.81. The maximum Gasteiger partial charge on any atom is 0.254 e. The number of carbonyl (C=O) groups is 1. The fraction of sp³-hybridized carbons (Fsp3) is 0.0909. The van der Waals surface area contributed by atoms with Gasteiger partial charge in [0.1, 0.15) is 4.75 Å². The van der Waals surface area contributed by atoms with Crippen LogP contribution in [0.15, 0.2) is 96.0 Å². The number of para-hydroxylation sites is 2. The molecule has 0 N–H and O–H groups in total. The van der Waals surface area contributed by atoms with Crippen molar-refractivity contribution in [1.82, 2.24) is 0 Å². The van der Waals surface area contributed by atoms with Crippen LogP contribution in [0.1, 0.15) is 12.5 Å². The van der Waals surface area contributed by atoms with Crippen molar-refractivity contribution in [3.05, 3.63) is 96.6 Å². The zero-order chi connectivity index (χ0) is 18.0. The second-order valence-corrected chi connectivity index (χ2v) is 7.59. The van der Waals surface area contributed by atoms with Gasteiger partial charge in [0.05, 0.1) is 11.4 Å². The maximum absolute atomic E-state index is 13.5. The molecular formula is C22H18N2OS. The molecule has 1 aliphatic heterocycles. The van der Waals surface area contributed by atoms with Crippen LogP contribution in [-0.4, -0.2) is 11.1 Å².